The van der Waals surface area contributed by atoms with Crippen LogP contribution < -0.4 is 0 Å². The molecule has 0 saturated carbocycles. The second kappa shape index (κ2) is 14.6. The minimum atomic E-state index is -0.250. The van der Waals surface area contributed by atoms with Crippen molar-refractivity contribution in [3.8, 4) is 0 Å². The topological polar surface area (TPSA) is 26.3 Å². The van der Waals surface area contributed by atoms with Crippen LogP contribution in [0.2, 0.25) is 0 Å². The molecule has 0 heterocycles. The van der Waals surface area contributed by atoms with Gasteiger partial charge in [0.05, 0.1) is 6.61 Å². The number of unbranched alkanes of at least 4 members (excludes halogenated alkanes) is 6. The van der Waals surface area contributed by atoms with Crippen molar-refractivity contribution in [3.05, 3.63) is 47.0 Å². The molecule has 0 aliphatic rings. The lowest BCUT2D eigenvalue weighted by Crippen LogP contribution is -2.00. The fraction of sp³-hybridized carbons (Fsp3) is 0.625. The van der Waals surface area contributed by atoms with Gasteiger partial charge in [-0.3, -0.25) is 0 Å². The SMILES string of the molecule is CCCCCCc1ccc(C/C=C/C(=O)OCC)cc1CCCCCC. The summed E-state index contributed by atoms with van der Waals surface area (Å²) in [5.41, 5.74) is 4.32. The van der Waals surface area contributed by atoms with Crippen LogP contribution in [0.15, 0.2) is 30.4 Å². The van der Waals surface area contributed by atoms with E-state index in [2.05, 4.69) is 32.0 Å². The van der Waals surface area contributed by atoms with E-state index in [1.165, 1.54) is 80.9 Å². The maximum absolute atomic E-state index is 11.4. The lowest BCUT2D eigenvalue weighted by molar-refractivity contribution is -0.137. The predicted molar refractivity (Wildman–Crippen MR) is 112 cm³/mol. The Hall–Kier alpha value is -1.57. The van der Waals surface area contributed by atoms with Gasteiger partial charge in [0.1, 0.15) is 0 Å². The minimum absolute atomic E-state index is 0.250. The van der Waals surface area contributed by atoms with Crippen LogP contribution >= 0.6 is 0 Å². The van der Waals surface area contributed by atoms with Crippen molar-refractivity contribution in [2.45, 2.75) is 91.4 Å². The highest BCUT2D eigenvalue weighted by atomic mass is 16.5. The summed E-state index contributed by atoms with van der Waals surface area (Å²) in [5.74, 6) is -0.250. The first kappa shape index (κ1) is 22.5. The Balaban J connectivity index is 2.69. The molecule has 0 aromatic heterocycles. The first-order chi connectivity index (χ1) is 12.7. The van der Waals surface area contributed by atoms with Crippen LogP contribution in [0.25, 0.3) is 0 Å². The average molecular weight is 359 g/mol. The molecule has 2 nitrogen and oxygen atoms in total. The van der Waals surface area contributed by atoms with Crippen LogP contribution in [0, 0.1) is 0 Å². The number of hydrogen-bond acceptors (Lipinski definition) is 2. The molecule has 146 valence electrons. The summed E-state index contributed by atoms with van der Waals surface area (Å²) in [6.07, 6.45) is 17.1. The second-order valence-corrected chi connectivity index (χ2v) is 7.08. The Bertz CT molecular complexity index is 531. The standard InChI is InChI=1S/C24H38O2/c1-4-7-9-11-15-22-19-18-21(14-13-17-24(25)26-6-3)20-23(22)16-12-10-8-5-2/h13,17-20H,4-12,14-16H2,1-3H3/b17-13+. The van der Waals surface area contributed by atoms with Crippen molar-refractivity contribution < 1.29 is 9.53 Å². The fourth-order valence-corrected chi connectivity index (χ4v) is 3.25. The normalized spacial score (nSPS) is 11.2. The molecule has 0 bridgehead atoms. The second-order valence-electron chi connectivity index (χ2n) is 7.08. The molecule has 1 rings (SSSR count). The fourth-order valence-electron chi connectivity index (χ4n) is 3.25. The van der Waals surface area contributed by atoms with Crippen molar-refractivity contribution in [1.29, 1.82) is 0 Å². The van der Waals surface area contributed by atoms with Gasteiger partial charge in [0.25, 0.3) is 0 Å². The number of aryl methyl sites for hydroxylation is 2. The van der Waals surface area contributed by atoms with Gasteiger partial charge in [-0.15, -0.1) is 0 Å². The maximum atomic E-state index is 11.4. The van der Waals surface area contributed by atoms with E-state index in [0.29, 0.717) is 6.61 Å². The number of esters is 1. The summed E-state index contributed by atoms with van der Waals surface area (Å²) < 4.78 is 4.94. The monoisotopic (exact) mass is 358 g/mol. The molecule has 0 unspecified atom stereocenters. The summed E-state index contributed by atoms with van der Waals surface area (Å²) in [6, 6.07) is 6.89. The van der Waals surface area contributed by atoms with Gasteiger partial charge in [0, 0.05) is 6.08 Å². The number of ether oxygens (including phenoxy) is 1. The lowest BCUT2D eigenvalue weighted by Gasteiger charge is -2.12. The van der Waals surface area contributed by atoms with Crippen LogP contribution in [0.1, 0.15) is 88.8 Å². The third kappa shape index (κ3) is 9.79. The van der Waals surface area contributed by atoms with E-state index in [9.17, 15) is 4.79 Å². The zero-order chi connectivity index (χ0) is 19.0. The molecule has 0 N–H and O–H groups in total. The number of carbonyl (C=O) groups excluding carboxylic acids is 1. The molecule has 0 aliphatic carbocycles. The summed E-state index contributed by atoms with van der Waals surface area (Å²) in [5, 5.41) is 0. The highest BCUT2D eigenvalue weighted by Crippen LogP contribution is 2.19. The third-order valence-electron chi connectivity index (χ3n) is 4.76. The van der Waals surface area contributed by atoms with Gasteiger partial charge >= 0.3 is 5.97 Å². The molecule has 2 heteroatoms. The van der Waals surface area contributed by atoms with Crippen LogP contribution in [0.3, 0.4) is 0 Å². The predicted octanol–water partition coefficient (Wildman–Crippen LogP) is 6.59. The van der Waals surface area contributed by atoms with Crippen molar-refractivity contribution >= 4 is 5.97 Å². The number of benzene rings is 1. The summed E-state index contributed by atoms with van der Waals surface area (Å²) in [6.45, 7) is 6.78. The van der Waals surface area contributed by atoms with Crippen molar-refractivity contribution in [3.63, 3.8) is 0 Å². The number of carbonyl (C=O) groups is 1. The molecule has 0 saturated heterocycles. The molecule has 1 aromatic rings. The van der Waals surface area contributed by atoms with E-state index in [0.717, 1.165) is 6.42 Å². The summed E-state index contributed by atoms with van der Waals surface area (Å²) >= 11 is 0. The van der Waals surface area contributed by atoms with E-state index >= 15 is 0 Å². The lowest BCUT2D eigenvalue weighted by atomic mass is 9.94. The van der Waals surface area contributed by atoms with E-state index in [1.807, 2.05) is 13.0 Å². The Labute approximate surface area is 161 Å². The Morgan fingerprint density at radius 2 is 1.54 bits per heavy atom. The first-order valence-corrected chi connectivity index (χ1v) is 10.6. The molecule has 1 aromatic carbocycles. The van der Waals surface area contributed by atoms with E-state index < -0.39 is 0 Å². The molecule has 0 spiro atoms. The molecule has 0 aliphatic heterocycles. The third-order valence-corrected chi connectivity index (χ3v) is 4.76. The largest absolute Gasteiger partial charge is 0.463 e. The first-order valence-electron chi connectivity index (χ1n) is 10.6. The zero-order valence-corrected chi connectivity index (χ0v) is 17.2. The molecular weight excluding hydrogens is 320 g/mol. The van der Waals surface area contributed by atoms with Gasteiger partial charge < -0.3 is 4.74 Å². The average Bonchev–Trinajstić information content (AvgIpc) is 2.64. The van der Waals surface area contributed by atoms with Crippen LogP contribution in [-0.4, -0.2) is 12.6 Å². The quantitative estimate of drug-likeness (QED) is 0.213. The molecular formula is C24H38O2. The zero-order valence-electron chi connectivity index (χ0n) is 17.2. The van der Waals surface area contributed by atoms with Crippen molar-refractivity contribution in [2.24, 2.45) is 0 Å². The Kier molecular flexibility index (Phi) is 12.6. The van der Waals surface area contributed by atoms with Gasteiger partial charge in [-0.25, -0.2) is 4.79 Å². The molecule has 0 atom stereocenters. The highest BCUT2D eigenvalue weighted by Gasteiger charge is 2.05. The molecule has 0 radical (unpaired) electrons. The van der Waals surface area contributed by atoms with Gasteiger partial charge in [-0.05, 0) is 55.7 Å². The van der Waals surface area contributed by atoms with E-state index in [1.54, 1.807) is 6.08 Å². The van der Waals surface area contributed by atoms with Crippen molar-refractivity contribution in [1.82, 2.24) is 0 Å². The maximum Gasteiger partial charge on any atom is 0.330 e. The molecule has 0 fully saturated rings. The van der Waals surface area contributed by atoms with Crippen molar-refractivity contribution in [2.75, 3.05) is 6.61 Å². The van der Waals surface area contributed by atoms with Crippen LogP contribution in [-0.2, 0) is 28.8 Å². The van der Waals surface area contributed by atoms with Gasteiger partial charge in [-0.1, -0.05) is 76.6 Å². The van der Waals surface area contributed by atoms with E-state index in [-0.39, 0.29) is 5.97 Å². The van der Waals surface area contributed by atoms with E-state index in [4.69, 9.17) is 4.74 Å². The molecule has 26 heavy (non-hydrogen) atoms. The highest BCUT2D eigenvalue weighted by molar-refractivity contribution is 5.81. The Morgan fingerprint density at radius 1 is 0.885 bits per heavy atom. The molecule has 0 amide bonds. The summed E-state index contributed by atoms with van der Waals surface area (Å²) in [7, 11) is 0. The summed E-state index contributed by atoms with van der Waals surface area (Å²) in [4.78, 5) is 11.4. The smallest absolute Gasteiger partial charge is 0.330 e. The number of hydrogen-bond donors (Lipinski definition) is 0. The van der Waals surface area contributed by atoms with Gasteiger partial charge in [0.15, 0.2) is 0 Å². The number of rotatable bonds is 14. The van der Waals surface area contributed by atoms with Crippen LogP contribution in [0.4, 0.5) is 0 Å². The van der Waals surface area contributed by atoms with Gasteiger partial charge in [0.2, 0.25) is 0 Å². The number of allylic oxidation sites excluding steroid dienone is 1. The van der Waals surface area contributed by atoms with Crippen LogP contribution in [0.5, 0.6) is 0 Å². The van der Waals surface area contributed by atoms with Gasteiger partial charge in [-0.2, -0.15) is 0 Å². The minimum Gasteiger partial charge on any atom is -0.463 e. The Morgan fingerprint density at radius 3 is 2.15 bits per heavy atom.